The summed E-state index contributed by atoms with van der Waals surface area (Å²) in [5.41, 5.74) is -4.14. The van der Waals surface area contributed by atoms with Crippen LogP contribution in [0.4, 0.5) is 13.2 Å². The molecule has 1 unspecified atom stereocenters. The van der Waals surface area contributed by atoms with Crippen molar-refractivity contribution in [1.82, 2.24) is 0 Å². The molecule has 1 heterocycles. The highest BCUT2D eigenvalue weighted by molar-refractivity contribution is 7.38. The standard InChI is InChI=1S/C14H14F3S.BrO3/c15-14(16,17)18-12-8-4-3-7-11(12)9-13(18)10-5-1-2-6-10;2-1(3)4/h3-4,7-10H,1-2,5-6H2;/q+1;-1. The van der Waals surface area contributed by atoms with E-state index in [0.717, 1.165) is 31.1 Å². The highest BCUT2D eigenvalue weighted by atomic mass is 80.0. The predicted octanol–water partition coefficient (Wildman–Crippen LogP) is 2.16. The predicted molar refractivity (Wildman–Crippen MR) is 68.9 cm³/mol. The van der Waals surface area contributed by atoms with Crippen molar-refractivity contribution in [2.45, 2.75) is 37.1 Å². The Bertz CT molecular complexity index is 619. The molecule has 0 amide bonds. The van der Waals surface area contributed by atoms with Crippen molar-refractivity contribution < 1.29 is 40.6 Å². The average Bonchev–Trinajstić information content (AvgIpc) is 3.04. The van der Waals surface area contributed by atoms with E-state index in [1.807, 2.05) is 6.07 Å². The number of rotatable bonds is 1. The summed E-state index contributed by atoms with van der Waals surface area (Å²) >= 11 is -3.65. The molecule has 1 fully saturated rings. The van der Waals surface area contributed by atoms with Gasteiger partial charge in [0.15, 0.2) is 9.58 Å². The van der Waals surface area contributed by atoms with Crippen LogP contribution in [0, 0.1) is 14.8 Å². The fraction of sp³-hybridized carbons (Fsp3) is 0.429. The van der Waals surface area contributed by atoms with Gasteiger partial charge in [-0.3, -0.25) is 0 Å². The van der Waals surface area contributed by atoms with E-state index in [1.54, 1.807) is 24.3 Å². The fourth-order valence-electron chi connectivity index (χ4n) is 2.88. The first-order valence-electron chi connectivity index (χ1n) is 6.65. The maximum atomic E-state index is 13.3. The van der Waals surface area contributed by atoms with Gasteiger partial charge in [-0.1, -0.05) is 25.0 Å². The molecule has 1 saturated carbocycles. The Labute approximate surface area is 133 Å². The Morgan fingerprint density at radius 3 is 2.14 bits per heavy atom. The van der Waals surface area contributed by atoms with Gasteiger partial charge in [0.2, 0.25) is 14.8 Å². The first kappa shape index (κ1) is 17.7. The third-order valence-electron chi connectivity index (χ3n) is 3.66. The van der Waals surface area contributed by atoms with Crippen molar-refractivity contribution in [3.8, 4) is 0 Å². The zero-order valence-corrected chi connectivity index (χ0v) is 13.8. The second-order valence-corrected chi connectivity index (χ2v) is 7.79. The lowest BCUT2D eigenvalue weighted by atomic mass is 10.1. The topological polar surface area (TPSA) is 69.2 Å². The van der Waals surface area contributed by atoms with Gasteiger partial charge < -0.3 is 12.6 Å². The molecule has 0 bridgehead atoms. The molecular formula is C14H14BrF3O3S. The number of halogens is 4. The summed E-state index contributed by atoms with van der Waals surface area (Å²) in [4.78, 5) is 0.626. The van der Waals surface area contributed by atoms with E-state index in [9.17, 15) is 13.2 Å². The molecule has 0 N–H and O–H groups in total. The number of thiophene rings is 1. The number of hydrogen-bond acceptors (Lipinski definition) is 3. The van der Waals surface area contributed by atoms with E-state index >= 15 is 0 Å². The lowest BCUT2D eigenvalue weighted by Gasteiger charge is -2.05. The summed E-state index contributed by atoms with van der Waals surface area (Å²) in [6, 6.07) is 8.73. The van der Waals surface area contributed by atoms with Gasteiger partial charge in [0, 0.05) is 17.4 Å². The Balaban J connectivity index is 0.000000396. The van der Waals surface area contributed by atoms with Gasteiger partial charge in [0.05, 0.1) is 10.5 Å². The first-order chi connectivity index (χ1) is 10.3. The number of benzene rings is 1. The van der Waals surface area contributed by atoms with Crippen molar-refractivity contribution in [2.75, 3.05) is 0 Å². The molecule has 122 valence electrons. The minimum atomic E-state index is -4.14. The van der Waals surface area contributed by atoms with Crippen LogP contribution >= 0.6 is 10.5 Å². The van der Waals surface area contributed by atoms with Crippen LogP contribution in [-0.4, -0.2) is 0 Å². The molecule has 1 aromatic carbocycles. The molecule has 0 radical (unpaired) electrons. The smallest absolute Gasteiger partial charge is 0.405 e. The molecule has 1 aliphatic carbocycles. The Kier molecular flexibility index (Phi) is 5.84. The summed E-state index contributed by atoms with van der Waals surface area (Å²) in [5, 5.41) is 0.764. The second-order valence-electron chi connectivity index (χ2n) is 5.01. The Hall–Kier alpha value is -0.670. The summed E-state index contributed by atoms with van der Waals surface area (Å²) in [7, 11) is -1.69. The zero-order chi connectivity index (χ0) is 16.3. The van der Waals surface area contributed by atoms with E-state index in [0.29, 0.717) is 9.58 Å². The summed E-state index contributed by atoms with van der Waals surface area (Å²) in [6.45, 7) is 0. The van der Waals surface area contributed by atoms with Crippen molar-refractivity contribution in [3.63, 3.8) is 0 Å². The van der Waals surface area contributed by atoms with E-state index in [1.165, 1.54) is 0 Å². The van der Waals surface area contributed by atoms with Crippen LogP contribution in [-0.2, 0) is 5.51 Å². The minimum absolute atomic E-state index is 0.141. The number of hydrogen-bond donors (Lipinski definition) is 0. The summed E-state index contributed by atoms with van der Waals surface area (Å²) in [5.74, 6) is 0.141. The normalized spacial score (nSPS) is 17.0. The zero-order valence-electron chi connectivity index (χ0n) is 11.4. The van der Waals surface area contributed by atoms with E-state index < -0.39 is 30.8 Å². The molecule has 1 aliphatic rings. The molecule has 8 heteroatoms. The fourth-order valence-corrected chi connectivity index (χ4v) is 5.04. The van der Waals surface area contributed by atoms with Crippen LogP contribution in [0.3, 0.4) is 0 Å². The van der Waals surface area contributed by atoms with Gasteiger partial charge in [0.25, 0.3) is 0 Å². The lowest BCUT2D eigenvalue weighted by molar-refractivity contribution is -1.73. The highest BCUT2D eigenvalue weighted by Gasteiger charge is 2.49. The van der Waals surface area contributed by atoms with E-state index in [4.69, 9.17) is 12.6 Å². The van der Waals surface area contributed by atoms with Gasteiger partial charge in [-0.2, -0.15) is 0 Å². The van der Waals surface area contributed by atoms with Crippen molar-refractivity contribution in [1.29, 1.82) is 0 Å². The molecule has 3 nitrogen and oxygen atoms in total. The molecule has 0 aliphatic heterocycles. The molecule has 1 aromatic heterocycles. The maximum Gasteiger partial charge on any atom is 0.600 e. The van der Waals surface area contributed by atoms with Crippen LogP contribution in [0.25, 0.3) is 10.1 Å². The van der Waals surface area contributed by atoms with Gasteiger partial charge in [-0.25, -0.2) is 0 Å². The summed E-state index contributed by atoms with van der Waals surface area (Å²) < 4.78 is 66.0. The minimum Gasteiger partial charge on any atom is -0.405 e. The molecule has 0 saturated heterocycles. The van der Waals surface area contributed by atoms with Gasteiger partial charge in [-0.15, -0.1) is 13.2 Å². The van der Waals surface area contributed by atoms with Crippen LogP contribution in [0.1, 0.15) is 36.5 Å². The SMILES string of the molecule is FC(F)(F)[s+]1c(C2CCCC2)cc2ccccc21.[O-][Br+2]([O-])[O-]. The van der Waals surface area contributed by atoms with Crippen molar-refractivity contribution in [3.05, 3.63) is 35.2 Å². The molecular weight excluding hydrogens is 385 g/mol. The van der Waals surface area contributed by atoms with Gasteiger partial charge in [-0.05, 0) is 25.0 Å². The van der Waals surface area contributed by atoms with Gasteiger partial charge in [0.1, 0.15) is 0 Å². The monoisotopic (exact) mass is 398 g/mol. The van der Waals surface area contributed by atoms with E-state index in [-0.39, 0.29) is 5.92 Å². The molecule has 0 spiro atoms. The van der Waals surface area contributed by atoms with E-state index in [2.05, 4.69) is 0 Å². The molecule has 3 rings (SSSR count). The Morgan fingerprint density at radius 2 is 1.59 bits per heavy atom. The quantitative estimate of drug-likeness (QED) is 0.691. The van der Waals surface area contributed by atoms with Gasteiger partial charge >= 0.3 is 5.51 Å². The lowest BCUT2D eigenvalue weighted by Crippen LogP contribution is -2.42. The highest BCUT2D eigenvalue weighted by Crippen LogP contribution is 2.55. The molecule has 22 heavy (non-hydrogen) atoms. The summed E-state index contributed by atoms with van der Waals surface area (Å²) in [6.07, 6.45) is 3.96. The average molecular weight is 399 g/mol. The largest absolute Gasteiger partial charge is 0.600 e. The van der Waals surface area contributed by atoms with Crippen LogP contribution in [0.15, 0.2) is 30.3 Å². The third kappa shape index (κ3) is 4.20. The van der Waals surface area contributed by atoms with Crippen molar-refractivity contribution >= 4 is 20.6 Å². The van der Waals surface area contributed by atoms with Crippen LogP contribution in [0.5, 0.6) is 0 Å². The second kappa shape index (κ2) is 7.27. The number of fused-ring (bicyclic) bond motifs is 1. The Morgan fingerprint density at radius 1 is 1.05 bits per heavy atom. The molecule has 2 aromatic rings. The third-order valence-corrected chi connectivity index (χ3v) is 5.86. The first-order valence-corrected chi connectivity index (χ1v) is 9.82. The van der Waals surface area contributed by atoms with Crippen LogP contribution in [0.2, 0.25) is 0 Å². The van der Waals surface area contributed by atoms with Crippen molar-refractivity contribution in [2.24, 2.45) is 0 Å². The maximum absolute atomic E-state index is 13.3. The molecule has 1 atom stereocenters. The van der Waals surface area contributed by atoms with Crippen LogP contribution < -0.4 is 12.6 Å². The number of alkyl halides is 3.